The van der Waals surface area contributed by atoms with Crippen LogP contribution < -0.4 is 0 Å². The Balaban J connectivity index is 1.99. The third-order valence-corrected chi connectivity index (χ3v) is 3.65. The third kappa shape index (κ3) is 3.57. The molecular weight excluding hydrogens is 224 g/mol. The fourth-order valence-electron chi connectivity index (χ4n) is 1.75. The lowest BCUT2D eigenvalue weighted by Gasteiger charge is -2.00. The van der Waals surface area contributed by atoms with Crippen molar-refractivity contribution >= 4 is 11.3 Å². The summed E-state index contributed by atoms with van der Waals surface area (Å²) in [5.41, 5.74) is 2.71. The quantitative estimate of drug-likeness (QED) is 0.623. The van der Waals surface area contributed by atoms with Gasteiger partial charge in [-0.15, -0.1) is 11.3 Å². The zero-order valence-corrected chi connectivity index (χ0v) is 11.0. The predicted molar refractivity (Wildman–Crippen MR) is 77.5 cm³/mol. The number of hydrogen-bond acceptors (Lipinski definition) is 1. The second kappa shape index (κ2) is 6.41. The van der Waals surface area contributed by atoms with Gasteiger partial charge in [0.05, 0.1) is 0 Å². The topological polar surface area (TPSA) is 0 Å². The molecule has 0 atom stereocenters. The number of hydrogen-bond donors (Lipinski definition) is 0. The summed E-state index contributed by atoms with van der Waals surface area (Å²) in [6.07, 6.45) is 8.00. The van der Waals surface area contributed by atoms with Crippen LogP contribution in [0.5, 0.6) is 0 Å². The molecular formula is C16H18S. The van der Waals surface area contributed by atoms with E-state index in [1.165, 1.54) is 28.8 Å². The summed E-state index contributed by atoms with van der Waals surface area (Å²) in [5.74, 6) is 0. The second-order valence-corrected chi connectivity index (χ2v) is 5.09. The number of unbranched alkanes of at least 4 members (excludes halogenated alkanes) is 1. The molecule has 88 valence electrons. The minimum atomic E-state index is 1.05. The molecule has 0 fully saturated rings. The van der Waals surface area contributed by atoms with Crippen LogP contribution in [0.1, 0.15) is 25.3 Å². The van der Waals surface area contributed by atoms with Crippen LogP contribution in [-0.4, -0.2) is 0 Å². The van der Waals surface area contributed by atoms with Crippen LogP contribution in [0.4, 0.5) is 0 Å². The van der Waals surface area contributed by atoms with Gasteiger partial charge < -0.3 is 0 Å². The van der Waals surface area contributed by atoms with Crippen LogP contribution >= 0.6 is 11.3 Å². The Morgan fingerprint density at radius 2 is 1.88 bits per heavy atom. The molecule has 17 heavy (non-hydrogen) atoms. The normalized spacial score (nSPS) is 11.1. The van der Waals surface area contributed by atoms with E-state index in [1.807, 2.05) is 0 Å². The maximum Gasteiger partial charge on any atom is 0.0342 e. The predicted octanol–water partition coefficient (Wildman–Crippen LogP) is 5.31. The minimum absolute atomic E-state index is 1.05. The lowest BCUT2D eigenvalue weighted by molar-refractivity contribution is 0.953. The molecule has 0 radical (unpaired) electrons. The van der Waals surface area contributed by atoms with Crippen molar-refractivity contribution in [2.75, 3.05) is 0 Å². The first kappa shape index (κ1) is 12.1. The second-order valence-electron chi connectivity index (χ2n) is 4.14. The summed E-state index contributed by atoms with van der Waals surface area (Å²) in [6, 6.07) is 13.2. The van der Waals surface area contributed by atoms with Crippen LogP contribution in [0.3, 0.4) is 0 Å². The standard InChI is InChI=1S/C16H18S/c1-2-3-4-5-7-14-9-11-15(12-10-14)16-8-6-13-17-16/h4-6,8-13H,2-3,7H2,1H3. The fraction of sp³-hybridized carbons (Fsp3) is 0.250. The van der Waals surface area contributed by atoms with E-state index < -0.39 is 0 Å². The molecule has 0 saturated heterocycles. The first-order valence-electron chi connectivity index (χ1n) is 6.18. The van der Waals surface area contributed by atoms with Crippen LogP contribution in [0, 0.1) is 0 Å². The maximum atomic E-state index is 2.27. The van der Waals surface area contributed by atoms with Crippen molar-refractivity contribution in [2.45, 2.75) is 26.2 Å². The molecule has 0 aliphatic rings. The van der Waals surface area contributed by atoms with Crippen molar-refractivity contribution in [3.8, 4) is 10.4 Å². The molecule has 0 saturated carbocycles. The van der Waals surface area contributed by atoms with Gasteiger partial charge >= 0.3 is 0 Å². The summed E-state index contributed by atoms with van der Waals surface area (Å²) in [7, 11) is 0. The van der Waals surface area contributed by atoms with Gasteiger partial charge in [-0.2, -0.15) is 0 Å². The molecule has 0 amide bonds. The van der Waals surface area contributed by atoms with E-state index >= 15 is 0 Å². The van der Waals surface area contributed by atoms with Gasteiger partial charge in [0.25, 0.3) is 0 Å². The Bertz CT molecular complexity index is 449. The SMILES string of the molecule is CCCC=CCc1ccc(-c2cccs2)cc1. The van der Waals surface area contributed by atoms with E-state index in [9.17, 15) is 0 Å². The van der Waals surface area contributed by atoms with Gasteiger partial charge in [0.2, 0.25) is 0 Å². The highest BCUT2D eigenvalue weighted by molar-refractivity contribution is 7.13. The summed E-state index contributed by atoms with van der Waals surface area (Å²) in [4.78, 5) is 1.35. The van der Waals surface area contributed by atoms with Gasteiger partial charge in [0.15, 0.2) is 0 Å². The number of rotatable bonds is 5. The summed E-state index contributed by atoms with van der Waals surface area (Å²) in [6.45, 7) is 2.21. The van der Waals surface area contributed by atoms with E-state index in [2.05, 4.69) is 60.9 Å². The zero-order valence-electron chi connectivity index (χ0n) is 10.2. The maximum absolute atomic E-state index is 2.27. The van der Waals surface area contributed by atoms with Gasteiger partial charge in [-0.25, -0.2) is 0 Å². The van der Waals surface area contributed by atoms with Crippen LogP contribution in [0.25, 0.3) is 10.4 Å². The Labute approximate surface area is 108 Å². The van der Waals surface area contributed by atoms with E-state index in [1.54, 1.807) is 11.3 Å². The average molecular weight is 242 g/mol. The monoisotopic (exact) mass is 242 g/mol. The van der Waals surface area contributed by atoms with Gasteiger partial charge in [0, 0.05) is 4.88 Å². The molecule has 1 heteroatoms. The van der Waals surface area contributed by atoms with E-state index in [0.29, 0.717) is 0 Å². The molecule has 1 aromatic carbocycles. The molecule has 0 nitrogen and oxygen atoms in total. The van der Waals surface area contributed by atoms with Gasteiger partial charge in [-0.05, 0) is 35.4 Å². The molecule has 0 aliphatic carbocycles. The molecule has 0 bridgehead atoms. The highest BCUT2D eigenvalue weighted by Gasteiger charge is 1.97. The van der Waals surface area contributed by atoms with E-state index in [4.69, 9.17) is 0 Å². The molecule has 1 aromatic heterocycles. The Morgan fingerprint density at radius 1 is 1.06 bits per heavy atom. The lowest BCUT2D eigenvalue weighted by atomic mass is 10.1. The highest BCUT2D eigenvalue weighted by Crippen LogP contribution is 2.24. The Kier molecular flexibility index (Phi) is 4.57. The van der Waals surface area contributed by atoms with Crippen molar-refractivity contribution in [3.63, 3.8) is 0 Å². The van der Waals surface area contributed by atoms with E-state index in [-0.39, 0.29) is 0 Å². The molecule has 2 aromatic rings. The molecule has 2 rings (SSSR count). The minimum Gasteiger partial charge on any atom is -0.144 e. The molecule has 0 aliphatic heterocycles. The van der Waals surface area contributed by atoms with Gasteiger partial charge in [-0.3, -0.25) is 0 Å². The first-order chi connectivity index (χ1) is 8.40. The highest BCUT2D eigenvalue weighted by atomic mass is 32.1. The van der Waals surface area contributed by atoms with Crippen LogP contribution in [0.2, 0.25) is 0 Å². The summed E-state index contributed by atoms with van der Waals surface area (Å²) in [5, 5.41) is 2.12. The number of allylic oxidation sites excluding steroid dienone is 2. The Morgan fingerprint density at radius 3 is 2.53 bits per heavy atom. The molecule has 0 N–H and O–H groups in total. The zero-order chi connectivity index (χ0) is 11.9. The first-order valence-corrected chi connectivity index (χ1v) is 7.06. The third-order valence-electron chi connectivity index (χ3n) is 2.74. The lowest BCUT2D eigenvalue weighted by Crippen LogP contribution is -1.81. The van der Waals surface area contributed by atoms with Crippen molar-refractivity contribution in [1.29, 1.82) is 0 Å². The average Bonchev–Trinajstić information content (AvgIpc) is 2.89. The molecule has 1 heterocycles. The van der Waals surface area contributed by atoms with Crippen LogP contribution in [0.15, 0.2) is 53.9 Å². The van der Waals surface area contributed by atoms with Gasteiger partial charge in [-0.1, -0.05) is 55.8 Å². The van der Waals surface area contributed by atoms with E-state index in [0.717, 1.165) is 6.42 Å². The molecule has 0 unspecified atom stereocenters. The summed E-state index contributed by atoms with van der Waals surface area (Å²) < 4.78 is 0. The van der Waals surface area contributed by atoms with Crippen molar-refractivity contribution in [1.82, 2.24) is 0 Å². The van der Waals surface area contributed by atoms with Gasteiger partial charge in [0.1, 0.15) is 0 Å². The Hall–Kier alpha value is -1.34. The van der Waals surface area contributed by atoms with Crippen molar-refractivity contribution in [2.24, 2.45) is 0 Å². The molecule has 0 spiro atoms. The van der Waals surface area contributed by atoms with Crippen molar-refractivity contribution < 1.29 is 0 Å². The largest absolute Gasteiger partial charge is 0.144 e. The summed E-state index contributed by atoms with van der Waals surface area (Å²) >= 11 is 1.79. The number of benzene rings is 1. The van der Waals surface area contributed by atoms with Crippen LogP contribution in [-0.2, 0) is 6.42 Å². The number of thiophene rings is 1. The fourth-order valence-corrected chi connectivity index (χ4v) is 2.48. The smallest absolute Gasteiger partial charge is 0.0342 e. The van der Waals surface area contributed by atoms with Crippen molar-refractivity contribution in [3.05, 3.63) is 59.5 Å².